The van der Waals surface area contributed by atoms with Gasteiger partial charge in [-0.15, -0.1) is 0 Å². The van der Waals surface area contributed by atoms with Crippen molar-refractivity contribution >= 4 is 38.5 Å². The molecule has 4 heteroatoms. The molecule has 4 nitrogen and oxygen atoms in total. The van der Waals surface area contributed by atoms with Crippen molar-refractivity contribution in [1.29, 1.82) is 0 Å². The monoisotopic (exact) mass is 318 g/mol. The van der Waals surface area contributed by atoms with Crippen LogP contribution < -0.4 is 5.63 Å². The van der Waals surface area contributed by atoms with Crippen LogP contribution in [0.15, 0.2) is 63.8 Å². The van der Waals surface area contributed by atoms with Gasteiger partial charge in [-0.1, -0.05) is 48.5 Å². The first-order chi connectivity index (χ1) is 11.7. The quantitative estimate of drug-likeness (QED) is 0.314. The highest BCUT2D eigenvalue weighted by Crippen LogP contribution is 2.35. The number of rotatable bonds is 2. The lowest BCUT2D eigenvalue weighted by atomic mass is 9.95. The largest absolute Gasteiger partial charge is 0.462 e. The molecule has 24 heavy (non-hydrogen) atoms. The van der Waals surface area contributed by atoms with Crippen LogP contribution in [0.4, 0.5) is 0 Å². The van der Waals surface area contributed by atoms with Gasteiger partial charge in [-0.3, -0.25) is 0 Å². The van der Waals surface area contributed by atoms with Gasteiger partial charge in [0.1, 0.15) is 5.58 Å². The van der Waals surface area contributed by atoms with Crippen molar-refractivity contribution in [2.45, 2.75) is 6.92 Å². The van der Waals surface area contributed by atoms with E-state index in [4.69, 9.17) is 9.15 Å². The van der Waals surface area contributed by atoms with E-state index in [-0.39, 0.29) is 12.2 Å². The fraction of sp³-hybridized carbons (Fsp3) is 0.100. The first-order valence-electron chi connectivity index (χ1n) is 7.75. The smallest absolute Gasteiger partial charge is 0.339 e. The number of ether oxygens (including phenoxy) is 1. The van der Waals surface area contributed by atoms with Crippen LogP contribution >= 0.6 is 0 Å². The second kappa shape index (κ2) is 5.49. The highest BCUT2D eigenvalue weighted by atomic mass is 16.5. The molecular weight excluding hydrogens is 304 g/mol. The maximum Gasteiger partial charge on any atom is 0.339 e. The summed E-state index contributed by atoms with van der Waals surface area (Å²) < 4.78 is 10.6. The molecule has 0 bridgehead atoms. The fourth-order valence-electron chi connectivity index (χ4n) is 3.17. The van der Waals surface area contributed by atoms with Crippen molar-refractivity contribution in [1.82, 2.24) is 0 Å². The lowest BCUT2D eigenvalue weighted by Gasteiger charge is -2.11. The molecule has 1 aromatic heterocycles. The summed E-state index contributed by atoms with van der Waals surface area (Å²) in [7, 11) is 0. The Balaban J connectivity index is 2.31. The Morgan fingerprint density at radius 1 is 0.958 bits per heavy atom. The third-order valence-electron chi connectivity index (χ3n) is 4.11. The van der Waals surface area contributed by atoms with Crippen LogP contribution in [0.3, 0.4) is 0 Å². The summed E-state index contributed by atoms with van der Waals surface area (Å²) in [6.45, 7) is 1.98. The van der Waals surface area contributed by atoms with Gasteiger partial charge in [0.05, 0.1) is 12.2 Å². The molecule has 0 aliphatic heterocycles. The van der Waals surface area contributed by atoms with E-state index >= 15 is 0 Å². The van der Waals surface area contributed by atoms with Crippen LogP contribution in [-0.4, -0.2) is 12.6 Å². The summed E-state index contributed by atoms with van der Waals surface area (Å²) in [5.74, 6) is -0.518. The Bertz CT molecular complexity index is 1150. The predicted octanol–water partition coefficient (Wildman–Crippen LogP) is 4.28. The number of hydrogen-bond acceptors (Lipinski definition) is 4. The average Bonchev–Trinajstić information content (AvgIpc) is 2.61. The number of esters is 1. The molecule has 0 aliphatic carbocycles. The SMILES string of the molecule is CCOC(=O)c1cc(=O)oc2c3ccccc3c3ccccc3c12. The predicted molar refractivity (Wildman–Crippen MR) is 93.5 cm³/mol. The summed E-state index contributed by atoms with van der Waals surface area (Å²) >= 11 is 0. The van der Waals surface area contributed by atoms with Crippen LogP contribution in [-0.2, 0) is 4.74 Å². The summed E-state index contributed by atoms with van der Waals surface area (Å²) in [5, 5.41) is 4.25. The Hall–Kier alpha value is -3.14. The van der Waals surface area contributed by atoms with Gasteiger partial charge in [0, 0.05) is 16.8 Å². The molecule has 0 spiro atoms. The minimum atomic E-state index is -0.564. The molecular formula is C20H14O4. The Morgan fingerprint density at radius 2 is 1.54 bits per heavy atom. The molecule has 3 aromatic carbocycles. The molecule has 0 atom stereocenters. The molecule has 4 rings (SSSR count). The molecule has 0 radical (unpaired) electrons. The summed E-state index contributed by atoms with van der Waals surface area (Å²) in [4.78, 5) is 24.4. The molecule has 0 aliphatic rings. The van der Waals surface area contributed by atoms with Gasteiger partial charge < -0.3 is 9.15 Å². The van der Waals surface area contributed by atoms with Crippen molar-refractivity contribution in [3.05, 3.63) is 70.6 Å². The maximum absolute atomic E-state index is 12.4. The van der Waals surface area contributed by atoms with Crippen LogP contribution in [0.2, 0.25) is 0 Å². The number of fused-ring (bicyclic) bond motifs is 6. The highest BCUT2D eigenvalue weighted by molar-refractivity contribution is 6.27. The standard InChI is InChI=1S/C20H14O4/c1-2-23-20(22)16-11-17(21)24-19-15-10-6-4-8-13(15)12-7-3-5-9-14(12)18(16)19/h3-11H,2H2,1H3. The second-order valence-electron chi connectivity index (χ2n) is 5.49. The maximum atomic E-state index is 12.4. The molecule has 0 saturated heterocycles. The molecule has 1 heterocycles. The number of benzene rings is 3. The summed E-state index contributed by atoms with van der Waals surface area (Å²) in [5.41, 5.74) is 0.0934. The van der Waals surface area contributed by atoms with E-state index in [1.54, 1.807) is 6.92 Å². The van der Waals surface area contributed by atoms with E-state index in [9.17, 15) is 9.59 Å². The van der Waals surface area contributed by atoms with Crippen molar-refractivity contribution < 1.29 is 13.9 Å². The minimum Gasteiger partial charge on any atom is -0.462 e. The summed E-state index contributed by atoms with van der Waals surface area (Å²) in [6.07, 6.45) is 0. The van der Waals surface area contributed by atoms with Crippen molar-refractivity contribution in [3.8, 4) is 0 Å². The third-order valence-corrected chi connectivity index (χ3v) is 4.11. The number of carbonyl (C=O) groups excluding carboxylic acids is 1. The van der Waals surface area contributed by atoms with Crippen molar-refractivity contribution in [2.75, 3.05) is 6.61 Å². The lowest BCUT2D eigenvalue weighted by molar-refractivity contribution is 0.0528. The molecule has 0 fully saturated rings. The van der Waals surface area contributed by atoms with E-state index in [0.717, 1.165) is 21.5 Å². The molecule has 0 amide bonds. The first-order valence-corrected chi connectivity index (χ1v) is 7.75. The van der Waals surface area contributed by atoms with E-state index in [0.29, 0.717) is 11.0 Å². The molecule has 118 valence electrons. The van der Waals surface area contributed by atoms with Gasteiger partial charge in [0.25, 0.3) is 0 Å². The van der Waals surface area contributed by atoms with Crippen LogP contribution in [0.1, 0.15) is 17.3 Å². The Morgan fingerprint density at radius 3 is 2.21 bits per heavy atom. The molecule has 4 aromatic rings. The van der Waals surface area contributed by atoms with E-state index < -0.39 is 11.6 Å². The fourth-order valence-corrected chi connectivity index (χ4v) is 3.17. The van der Waals surface area contributed by atoms with Gasteiger partial charge in [-0.2, -0.15) is 0 Å². The molecule has 0 N–H and O–H groups in total. The third kappa shape index (κ3) is 2.07. The van der Waals surface area contributed by atoms with Crippen LogP contribution in [0, 0.1) is 0 Å². The van der Waals surface area contributed by atoms with Gasteiger partial charge >= 0.3 is 11.6 Å². The average molecular weight is 318 g/mol. The van der Waals surface area contributed by atoms with E-state index in [1.807, 2.05) is 48.5 Å². The van der Waals surface area contributed by atoms with Crippen molar-refractivity contribution in [3.63, 3.8) is 0 Å². The van der Waals surface area contributed by atoms with E-state index in [2.05, 4.69) is 0 Å². The Labute approximate surface area is 137 Å². The van der Waals surface area contributed by atoms with Crippen LogP contribution in [0.5, 0.6) is 0 Å². The Kier molecular flexibility index (Phi) is 3.31. The number of hydrogen-bond donors (Lipinski definition) is 0. The molecule has 0 unspecified atom stereocenters. The number of carbonyl (C=O) groups is 1. The second-order valence-corrected chi connectivity index (χ2v) is 5.49. The van der Waals surface area contributed by atoms with E-state index in [1.165, 1.54) is 6.07 Å². The normalized spacial score (nSPS) is 11.2. The summed E-state index contributed by atoms with van der Waals surface area (Å²) in [6, 6.07) is 16.7. The van der Waals surface area contributed by atoms with Gasteiger partial charge in [-0.05, 0) is 23.1 Å². The zero-order valence-corrected chi connectivity index (χ0v) is 13.0. The van der Waals surface area contributed by atoms with Gasteiger partial charge in [0.15, 0.2) is 0 Å². The highest BCUT2D eigenvalue weighted by Gasteiger charge is 2.19. The minimum absolute atomic E-state index is 0.241. The van der Waals surface area contributed by atoms with Gasteiger partial charge in [-0.25, -0.2) is 9.59 Å². The lowest BCUT2D eigenvalue weighted by Crippen LogP contribution is -2.10. The first kappa shape index (κ1) is 14.5. The van der Waals surface area contributed by atoms with Gasteiger partial charge in [0.2, 0.25) is 0 Å². The zero-order valence-electron chi connectivity index (χ0n) is 13.0. The zero-order chi connectivity index (χ0) is 16.7. The van der Waals surface area contributed by atoms with Crippen molar-refractivity contribution in [2.24, 2.45) is 0 Å². The topological polar surface area (TPSA) is 56.5 Å². The van der Waals surface area contributed by atoms with Crippen LogP contribution in [0.25, 0.3) is 32.5 Å². The molecule has 0 saturated carbocycles.